The normalized spacial score (nSPS) is 14.3. The predicted molar refractivity (Wildman–Crippen MR) is 99.0 cm³/mol. The molecule has 0 saturated carbocycles. The quantitative estimate of drug-likeness (QED) is 0.746. The second-order valence-electron chi connectivity index (χ2n) is 5.82. The van der Waals surface area contributed by atoms with Crippen LogP contribution in [0.25, 0.3) is 0 Å². The van der Waals surface area contributed by atoms with E-state index in [1.54, 1.807) is 0 Å². The first-order valence-corrected chi connectivity index (χ1v) is 8.04. The molecule has 0 atom stereocenters. The summed E-state index contributed by atoms with van der Waals surface area (Å²) in [4.78, 5) is 16.6. The summed E-state index contributed by atoms with van der Waals surface area (Å²) in [7, 11) is 0. The first kappa shape index (κ1) is 15.1. The van der Waals surface area contributed by atoms with E-state index in [2.05, 4.69) is 10.3 Å². The largest absolute Gasteiger partial charge is 0.457 e. The molecular weight excluding hydrogens is 312 g/mol. The summed E-state index contributed by atoms with van der Waals surface area (Å²) in [5.41, 5.74) is 3.84. The smallest absolute Gasteiger partial charge is 0.275 e. The lowest BCUT2D eigenvalue weighted by atomic mass is 10.1. The van der Waals surface area contributed by atoms with Crippen LogP contribution in [-0.4, -0.2) is 11.6 Å². The summed E-state index contributed by atoms with van der Waals surface area (Å²) in [6, 6.07) is 22.8. The van der Waals surface area contributed by atoms with E-state index in [1.807, 2.05) is 79.7 Å². The molecule has 4 rings (SSSR count). The third-order valence-corrected chi connectivity index (χ3v) is 4.04. The van der Waals surface area contributed by atoms with Gasteiger partial charge in [0.2, 0.25) is 0 Å². The third-order valence-electron chi connectivity index (χ3n) is 4.04. The molecule has 1 heterocycles. The standard InChI is InChI=1S/C21H16N2O2/c1-14-6-2-5-9-19(14)25-16-12-10-15(11-13-16)22-20-17-7-3-4-8-18(17)23-21(20)24/h2-13H,1H3,(H,22,23,24). The zero-order valence-corrected chi connectivity index (χ0v) is 13.7. The number of para-hydroxylation sites is 2. The number of aliphatic imine (C=N–C) groups is 1. The molecule has 0 aliphatic carbocycles. The van der Waals surface area contributed by atoms with Crippen LogP contribution in [0.2, 0.25) is 0 Å². The minimum atomic E-state index is -0.179. The molecule has 4 heteroatoms. The van der Waals surface area contributed by atoms with Crippen LogP contribution in [0.1, 0.15) is 11.1 Å². The van der Waals surface area contributed by atoms with Gasteiger partial charge in [-0.1, -0.05) is 36.4 Å². The molecular formula is C21H16N2O2. The average Bonchev–Trinajstić information content (AvgIpc) is 2.94. The Labute approximate surface area is 145 Å². The number of fused-ring (bicyclic) bond motifs is 1. The van der Waals surface area contributed by atoms with Crippen LogP contribution >= 0.6 is 0 Å². The lowest BCUT2D eigenvalue weighted by Gasteiger charge is -2.08. The highest BCUT2D eigenvalue weighted by Gasteiger charge is 2.25. The number of hydrogen-bond donors (Lipinski definition) is 1. The van der Waals surface area contributed by atoms with Gasteiger partial charge in [0.15, 0.2) is 0 Å². The van der Waals surface area contributed by atoms with E-state index in [0.29, 0.717) is 11.4 Å². The van der Waals surface area contributed by atoms with Gasteiger partial charge in [-0.3, -0.25) is 4.79 Å². The minimum Gasteiger partial charge on any atom is -0.457 e. The second-order valence-corrected chi connectivity index (χ2v) is 5.82. The number of aryl methyl sites for hydroxylation is 1. The van der Waals surface area contributed by atoms with Crippen LogP contribution in [0.3, 0.4) is 0 Å². The highest BCUT2D eigenvalue weighted by atomic mass is 16.5. The number of nitrogens with zero attached hydrogens (tertiary/aromatic N) is 1. The first-order chi connectivity index (χ1) is 12.2. The van der Waals surface area contributed by atoms with Gasteiger partial charge >= 0.3 is 0 Å². The number of rotatable bonds is 3. The van der Waals surface area contributed by atoms with Gasteiger partial charge in [0.05, 0.1) is 11.4 Å². The molecule has 3 aromatic carbocycles. The van der Waals surface area contributed by atoms with Crippen molar-refractivity contribution in [3.05, 3.63) is 83.9 Å². The zero-order chi connectivity index (χ0) is 17.2. The van der Waals surface area contributed by atoms with Crippen LogP contribution in [0.5, 0.6) is 11.5 Å². The van der Waals surface area contributed by atoms with E-state index in [0.717, 1.165) is 28.3 Å². The number of anilines is 1. The summed E-state index contributed by atoms with van der Waals surface area (Å²) < 4.78 is 5.88. The Hall–Kier alpha value is -3.40. The Kier molecular flexibility index (Phi) is 3.78. The minimum absolute atomic E-state index is 0.179. The summed E-state index contributed by atoms with van der Waals surface area (Å²) >= 11 is 0. The van der Waals surface area contributed by atoms with E-state index in [9.17, 15) is 4.79 Å². The molecule has 1 amide bonds. The Morgan fingerprint density at radius 1 is 0.880 bits per heavy atom. The molecule has 0 saturated heterocycles. The summed E-state index contributed by atoms with van der Waals surface area (Å²) in [5, 5.41) is 2.82. The van der Waals surface area contributed by atoms with Crippen LogP contribution in [-0.2, 0) is 4.79 Å². The van der Waals surface area contributed by atoms with Crippen molar-refractivity contribution in [2.24, 2.45) is 4.99 Å². The first-order valence-electron chi connectivity index (χ1n) is 8.04. The average molecular weight is 328 g/mol. The van der Waals surface area contributed by atoms with E-state index in [1.165, 1.54) is 0 Å². The molecule has 3 aromatic rings. The van der Waals surface area contributed by atoms with Gasteiger partial charge in [-0.15, -0.1) is 0 Å². The molecule has 4 nitrogen and oxygen atoms in total. The van der Waals surface area contributed by atoms with Gasteiger partial charge in [-0.2, -0.15) is 0 Å². The van der Waals surface area contributed by atoms with Crippen molar-refractivity contribution in [3.8, 4) is 11.5 Å². The van der Waals surface area contributed by atoms with Crippen molar-refractivity contribution < 1.29 is 9.53 Å². The molecule has 1 aliphatic heterocycles. The molecule has 1 aliphatic rings. The van der Waals surface area contributed by atoms with Crippen LogP contribution in [0.15, 0.2) is 77.8 Å². The van der Waals surface area contributed by atoms with Gasteiger partial charge in [0.1, 0.15) is 17.2 Å². The van der Waals surface area contributed by atoms with Gasteiger partial charge in [0.25, 0.3) is 5.91 Å². The topological polar surface area (TPSA) is 50.7 Å². The molecule has 0 spiro atoms. The highest BCUT2D eigenvalue weighted by molar-refractivity contribution is 6.54. The molecule has 122 valence electrons. The number of ether oxygens (including phenoxy) is 1. The number of carbonyl (C=O) groups is 1. The Balaban J connectivity index is 1.59. The van der Waals surface area contributed by atoms with Gasteiger partial charge in [-0.05, 0) is 48.9 Å². The summed E-state index contributed by atoms with van der Waals surface area (Å²) in [5.74, 6) is 1.38. The van der Waals surface area contributed by atoms with E-state index >= 15 is 0 Å². The fourth-order valence-corrected chi connectivity index (χ4v) is 2.73. The van der Waals surface area contributed by atoms with E-state index < -0.39 is 0 Å². The van der Waals surface area contributed by atoms with Crippen molar-refractivity contribution in [2.45, 2.75) is 6.92 Å². The molecule has 0 bridgehead atoms. The maximum absolute atomic E-state index is 12.1. The summed E-state index contributed by atoms with van der Waals surface area (Å²) in [6.07, 6.45) is 0. The van der Waals surface area contributed by atoms with E-state index in [4.69, 9.17) is 4.74 Å². The molecule has 1 N–H and O–H groups in total. The maximum atomic E-state index is 12.1. The number of carbonyl (C=O) groups excluding carboxylic acids is 1. The Bertz CT molecular complexity index is 975. The highest BCUT2D eigenvalue weighted by Crippen LogP contribution is 2.28. The SMILES string of the molecule is Cc1ccccc1Oc1ccc(N=C2C(=O)Nc3ccccc32)cc1. The molecule has 0 unspecified atom stereocenters. The maximum Gasteiger partial charge on any atom is 0.275 e. The number of hydrogen-bond acceptors (Lipinski definition) is 3. The zero-order valence-electron chi connectivity index (χ0n) is 13.7. The number of nitrogens with one attached hydrogen (secondary N) is 1. The van der Waals surface area contributed by atoms with E-state index in [-0.39, 0.29) is 5.91 Å². The van der Waals surface area contributed by atoms with Gasteiger partial charge in [-0.25, -0.2) is 4.99 Å². The van der Waals surface area contributed by atoms with Gasteiger partial charge in [0, 0.05) is 5.56 Å². The lowest BCUT2D eigenvalue weighted by molar-refractivity contribution is -0.110. The van der Waals surface area contributed by atoms with Crippen LogP contribution in [0.4, 0.5) is 11.4 Å². The van der Waals surface area contributed by atoms with Crippen LogP contribution in [0, 0.1) is 6.92 Å². The van der Waals surface area contributed by atoms with Crippen LogP contribution < -0.4 is 10.1 Å². The lowest BCUT2D eigenvalue weighted by Crippen LogP contribution is -2.13. The van der Waals surface area contributed by atoms with Crippen molar-refractivity contribution in [2.75, 3.05) is 5.32 Å². The number of benzene rings is 3. The van der Waals surface area contributed by atoms with Crippen molar-refractivity contribution in [1.82, 2.24) is 0 Å². The van der Waals surface area contributed by atoms with Crippen molar-refractivity contribution in [3.63, 3.8) is 0 Å². The fourth-order valence-electron chi connectivity index (χ4n) is 2.73. The second kappa shape index (κ2) is 6.24. The monoisotopic (exact) mass is 328 g/mol. The fraction of sp³-hybridized carbons (Fsp3) is 0.0476. The van der Waals surface area contributed by atoms with Gasteiger partial charge < -0.3 is 10.1 Å². The predicted octanol–water partition coefficient (Wildman–Crippen LogP) is 4.86. The Morgan fingerprint density at radius 2 is 1.60 bits per heavy atom. The molecule has 0 radical (unpaired) electrons. The molecule has 25 heavy (non-hydrogen) atoms. The van der Waals surface area contributed by atoms with Crippen molar-refractivity contribution in [1.29, 1.82) is 0 Å². The Morgan fingerprint density at radius 3 is 2.40 bits per heavy atom. The summed E-state index contributed by atoms with van der Waals surface area (Å²) in [6.45, 7) is 2.01. The third kappa shape index (κ3) is 3.02. The van der Waals surface area contributed by atoms with Crippen molar-refractivity contribution >= 4 is 23.0 Å². The molecule has 0 fully saturated rings. The molecule has 0 aromatic heterocycles. The number of amides is 1.